The molecule has 2 heterocycles. The summed E-state index contributed by atoms with van der Waals surface area (Å²) in [5.41, 5.74) is 2.72. The molecule has 0 fully saturated rings. The zero-order chi connectivity index (χ0) is 20.4. The van der Waals surface area contributed by atoms with Crippen molar-refractivity contribution in [2.24, 2.45) is 0 Å². The van der Waals surface area contributed by atoms with Crippen LogP contribution in [0, 0.1) is 0 Å². The van der Waals surface area contributed by atoms with E-state index in [1.165, 1.54) is 6.07 Å². The fourth-order valence-electron chi connectivity index (χ4n) is 2.87. The third kappa shape index (κ3) is 4.08. The van der Waals surface area contributed by atoms with Crippen LogP contribution in [0.1, 0.15) is 10.4 Å². The van der Waals surface area contributed by atoms with Gasteiger partial charge in [-0.3, -0.25) is 9.59 Å². The number of aromatic amines is 1. The van der Waals surface area contributed by atoms with Gasteiger partial charge in [-0.2, -0.15) is 0 Å². The van der Waals surface area contributed by atoms with Gasteiger partial charge >= 0.3 is 0 Å². The molecule has 2 aromatic heterocycles. The van der Waals surface area contributed by atoms with Crippen LogP contribution in [-0.4, -0.2) is 15.9 Å². The van der Waals surface area contributed by atoms with Crippen molar-refractivity contribution in [3.63, 3.8) is 0 Å². The number of carbonyl (C=O) groups is 1. The van der Waals surface area contributed by atoms with Crippen LogP contribution < -0.4 is 16.2 Å². The molecule has 0 bridgehead atoms. The summed E-state index contributed by atoms with van der Waals surface area (Å²) in [6.07, 6.45) is 1.61. The molecule has 4 aromatic rings. The molecule has 1 amide bonds. The maximum atomic E-state index is 12.5. The molecule has 0 unspecified atom stereocenters. The number of hydrogen-bond acceptors (Lipinski definition) is 4. The molecule has 6 nitrogen and oxygen atoms in total. The number of amides is 1. The smallest absolute Gasteiger partial charge is 0.258 e. The number of pyridine rings is 2. The molecule has 0 aliphatic rings. The Morgan fingerprint density at radius 1 is 0.897 bits per heavy atom. The molecule has 4 rings (SSSR count). The van der Waals surface area contributed by atoms with Crippen molar-refractivity contribution in [3.8, 4) is 0 Å². The van der Waals surface area contributed by atoms with Gasteiger partial charge in [-0.05, 0) is 48.5 Å². The molecule has 0 spiro atoms. The van der Waals surface area contributed by atoms with E-state index >= 15 is 0 Å². The fourth-order valence-corrected chi connectivity index (χ4v) is 3.44. The number of benzene rings is 2. The number of anilines is 3. The normalized spacial score (nSPS) is 10.7. The van der Waals surface area contributed by atoms with Gasteiger partial charge in [-0.1, -0.05) is 29.3 Å². The lowest BCUT2D eigenvalue weighted by atomic mass is 10.2. The predicted octanol–water partition coefficient (Wildman–Crippen LogP) is 5.23. The molecular formula is C21H14Cl2N4O2. The van der Waals surface area contributed by atoms with Crippen molar-refractivity contribution in [2.45, 2.75) is 0 Å². The number of nitrogens with zero attached hydrogens (tertiary/aromatic N) is 1. The highest BCUT2D eigenvalue weighted by Crippen LogP contribution is 2.27. The quantitative estimate of drug-likeness (QED) is 0.418. The van der Waals surface area contributed by atoms with Gasteiger partial charge in [0.25, 0.3) is 5.91 Å². The number of halogens is 2. The standard InChI is InChI=1S/C21H14Cl2N4O2/c22-15-2-1-3-16(23)19(15)21(29)26-13-6-4-12(5-7-13)25-17-10-11-24-20-14(17)8-9-18(28)27-20/h1-11H,(H,26,29)(H2,24,25,27,28). The zero-order valence-electron chi connectivity index (χ0n) is 14.9. The first-order valence-electron chi connectivity index (χ1n) is 8.62. The Morgan fingerprint density at radius 2 is 1.59 bits per heavy atom. The Kier molecular flexibility index (Phi) is 5.20. The third-order valence-corrected chi connectivity index (χ3v) is 4.87. The summed E-state index contributed by atoms with van der Waals surface area (Å²) in [6, 6.07) is 17.1. The molecule has 144 valence electrons. The van der Waals surface area contributed by atoms with Crippen LogP contribution in [0.4, 0.5) is 17.1 Å². The highest BCUT2D eigenvalue weighted by Gasteiger charge is 2.14. The van der Waals surface area contributed by atoms with Crippen LogP contribution in [0.25, 0.3) is 11.0 Å². The summed E-state index contributed by atoms with van der Waals surface area (Å²) in [6.45, 7) is 0. The van der Waals surface area contributed by atoms with E-state index in [-0.39, 0.29) is 27.1 Å². The number of hydrogen-bond donors (Lipinski definition) is 3. The van der Waals surface area contributed by atoms with Crippen LogP contribution in [0.2, 0.25) is 10.0 Å². The topological polar surface area (TPSA) is 86.9 Å². The van der Waals surface area contributed by atoms with Gasteiger partial charge in [0.05, 0.1) is 21.3 Å². The summed E-state index contributed by atoms with van der Waals surface area (Å²) in [5, 5.41) is 7.43. The summed E-state index contributed by atoms with van der Waals surface area (Å²) in [7, 11) is 0. The van der Waals surface area contributed by atoms with Crippen molar-refractivity contribution in [1.82, 2.24) is 9.97 Å². The number of nitrogens with one attached hydrogen (secondary N) is 3. The first kappa shape index (κ1) is 19.0. The Bertz CT molecular complexity index is 1250. The van der Waals surface area contributed by atoms with E-state index in [0.717, 1.165) is 16.8 Å². The van der Waals surface area contributed by atoms with Crippen molar-refractivity contribution < 1.29 is 4.79 Å². The van der Waals surface area contributed by atoms with Gasteiger partial charge in [0, 0.05) is 29.0 Å². The molecule has 0 atom stereocenters. The second-order valence-corrected chi connectivity index (χ2v) is 7.01. The van der Waals surface area contributed by atoms with Crippen LogP contribution in [0.5, 0.6) is 0 Å². The second kappa shape index (κ2) is 7.95. The molecule has 3 N–H and O–H groups in total. The molecule has 8 heteroatoms. The highest BCUT2D eigenvalue weighted by atomic mass is 35.5. The average Bonchev–Trinajstić information content (AvgIpc) is 2.69. The molecule has 0 radical (unpaired) electrons. The predicted molar refractivity (Wildman–Crippen MR) is 117 cm³/mol. The summed E-state index contributed by atoms with van der Waals surface area (Å²) < 4.78 is 0. The van der Waals surface area contributed by atoms with Crippen LogP contribution in [-0.2, 0) is 0 Å². The minimum atomic E-state index is -0.384. The Labute approximate surface area is 175 Å². The van der Waals surface area contributed by atoms with E-state index in [1.54, 1.807) is 42.6 Å². The van der Waals surface area contributed by atoms with Crippen molar-refractivity contribution in [1.29, 1.82) is 0 Å². The fraction of sp³-hybridized carbons (Fsp3) is 0. The number of aromatic nitrogens is 2. The molecular weight excluding hydrogens is 411 g/mol. The molecule has 29 heavy (non-hydrogen) atoms. The van der Waals surface area contributed by atoms with Crippen molar-refractivity contribution in [3.05, 3.63) is 92.8 Å². The zero-order valence-corrected chi connectivity index (χ0v) is 16.4. The molecule has 0 saturated carbocycles. The van der Waals surface area contributed by atoms with E-state index in [1.807, 2.05) is 18.2 Å². The maximum Gasteiger partial charge on any atom is 0.258 e. The second-order valence-electron chi connectivity index (χ2n) is 6.20. The number of rotatable bonds is 4. The van der Waals surface area contributed by atoms with Crippen molar-refractivity contribution in [2.75, 3.05) is 10.6 Å². The van der Waals surface area contributed by atoms with Crippen molar-refractivity contribution >= 4 is 57.2 Å². The van der Waals surface area contributed by atoms with E-state index in [4.69, 9.17) is 23.2 Å². The number of fused-ring (bicyclic) bond motifs is 1. The largest absolute Gasteiger partial charge is 0.355 e. The minimum Gasteiger partial charge on any atom is -0.355 e. The molecule has 0 saturated heterocycles. The van der Waals surface area contributed by atoms with Crippen LogP contribution >= 0.6 is 23.2 Å². The number of H-pyrrole nitrogens is 1. The van der Waals surface area contributed by atoms with Gasteiger partial charge in [0.2, 0.25) is 5.56 Å². The Balaban J connectivity index is 1.53. The first-order valence-corrected chi connectivity index (χ1v) is 9.37. The monoisotopic (exact) mass is 424 g/mol. The van der Waals surface area contributed by atoms with Crippen LogP contribution in [0.3, 0.4) is 0 Å². The minimum absolute atomic E-state index is 0.208. The van der Waals surface area contributed by atoms with Gasteiger partial charge < -0.3 is 15.6 Å². The lowest BCUT2D eigenvalue weighted by molar-refractivity contribution is 0.102. The lowest BCUT2D eigenvalue weighted by Gasteiger charge is -2.11. The summed E-state index contributed by atoms with van der Waals surface area (Å²) in [5.74, 6) is -0.384. The van der Waals surface area contributed by atoms with Gasteiger partial charge in [0.15, 0.2) is 0 Å². The Hall–Kier alpha value is -3.35. The highest BCUT2D eigenvalue weighted by molar-refractivity contribution is 6.40. The Morgan fingerprint density at radius 3 is 2.31 bits per heavy atom. The average molecular weight is 425 g/mol. The molecule has 2 aromatic carbocycles. The number of carbonyl (C=O) groups excluding carboxylic acids is 1. The lowest BCUT2D eigenvalue weighted by Crippen LogP contribution is -2.13. The van der Waals surface area contributed by atoms with E-state index in [2.05, 4.69) is 20.6 Å². The SMILES string of the molecule is O=C(Nc1ccc(Nc2ccnc3[nH]c(=O)ccc23)cc1)c1c(Cl)cccc1Cl. The van der Waals surface area contributed by atoms with Gasteiger partial charge in [-0.25, -0.2) is 4.98 Å². The van der Waals surface area contributed by atoms with E-state index in [0.29, 0.717) is 11.3 Å². The third-order valence-electron chi connectivity index (χ3n) is 4.24. The molecule has 0 aliphatic carbocycles. The van der Waals surface area contributed by atoms with Crippen LogP contribution in [0.15, 0.2) is 71.7 Å². The molecule has 0 aliphatic heterocycles. The summed E-state index contributed by atoms with van der Waals surface area (Å²) >= 11 is 12.2. The first-order chi connectivity index (χ1) is 14.0. The van der Waals surface area contributed by atoms with E-state index in [9.17, 15) is 9.59 Å². The van der Waals surface area contributed by atoms with Gasteiger partial charge in [-0.15, -0.1) is 0 Å². The maximum absolute atomic E-state index is 12.5. The van der Waals surface area contributed by atoms with Gasteiger partial charge in [0.1, 0.15) is 5.65 Å². The summed E-state index contributed by atoms with van der Waals surface area (Å²) in [4.78, 5) is 30.8. The van der Waals surface area contributed by atoms with E-state index < -0.39 is 0 Å².